The highest BCUT2D eigenvalue weighted by Crippen LogP contribution is 2.26. The van der Waals surface area contributed by atoms with Gasteiger partial charge in [-0.1, -0.05) is 33.8 Å². The highest BCUT2D eigenvalue weighted by molar-refractivity contribution is 5.91. The number of aryl methyl sites for hydroxylation is 2. The monoisotopic (exact) mass is 304 g/mol. The molecule has 0 radical (unpaired) electrons. The van der Waals surface area contributed by atoms with Crippen molar-refractivity contribution in [3.8, 4) is 0 Å². The lowest BCUT2D eigenvalue weighted by molar-refractivity contribution is 0.196. The molecule has 1 aromatic rings. The molecule has 1 aromatic carbocycles. The van der Waals surface area contributed by atoms with Crippen molar-refractivity contribution in [2.24, 2.45) is 11.8 Å². The molecule has 2 amide bonds. The van der Waals surface area contributed by atoms with Gasteiger partial charge in [0, 0.05) is 18.8 Å². The van der Waals surface area contributed by atoms with E-state index in [4.69, 9.17) is 0 Å². The first kappa shape index (κ1) is 18.5. The minimum absolute atomic E-state index is 0.0110. The third-order valence-corrected chi connectivity index (χ3v) is 4.05. The van der Waals surface area contributed by atoms with Crippen LogP contribution in [0.2, 0.25) is 0 Å². The van der Waals surface area contributed by atoms with Crippen LogP contribution in [0, 0.1) is 39.5 Å². The smallest absolute Gasteiger partial charge is 0.321 e. The summed E-state index contributed by atoms with van der Waals surface area (Å²) >= 11 is 0. The van der Waals surface area contributed by atoms with E-state index < -0.39 is 0 Å². The number of carbonyl (C=O) groups excluding carboxylic acids is 1. The van der Waals surface area contributed by atoms with Crippen LogP contribution in [0.1, 0.15) is 49.9 Å². The largest absolute Gasteiger partial charge is 0.324 e. The number of hydrogen-bond acceptors (Lipinski definition) is 1. The molecule has 0 aliphatic heterocycles. The van der Waals surface area contributed by atoms with E-state index >= 15 is 0 Å². The lowest BCUT2D eigenvalue weighted by Crippen LogP contribution is -2.40. The van der Waals surface area contributed by atoms with Crippen molar-refractivity contribution in [1.82, 2.24) is 4.90 Å². The third kappa shape index (κ3) is 4.75. The van der Waals surface area contributed by atoms with Crippen LogP contribution in [0.15, 0.2) is 6.07 Å². The van der Waals surface area contributed by atoms with Gasteiger partial charge in [0.1, 0.15) is 0 Å². The molecule has 0 saturated heterocycles. The summed E-state index contributed by atoms with van der Waals surface area (Å²) in [6.07, 6.45) is 0. The number of nitrogens with one attached hydrogen (secondary N) is 1. The predicted octanol–water partition coefficient (Wildman–Crippen LogP) is 5.07. The summed E-state index contributed by atoms with van der Waals surface area (Å²) < 4.78 is 0. The second-order valence-corrected chi connectivity index (χ2v) is 7.26. The molecule has 0 saturated carbocycles. The fourth-order valence-electron chi connectivity index (χ4n) is 2.78. The van der Waals surface area contributed by atoms with Gasteiger partial charge in [0.25, 0.3) is 0 Å². The molecule has 0 heterocycles. The van der Waals surface area contributed by atoms with Gasteiger partial charge in [0.15, 0.2) is 0 Å². The van der Waals surface area contributed by atoms with Crippen molar-refractivity contribution in [1.29, 1.82) is 0 Å². The molecule has 0 atom stereocenters. The molecule has 0 aliphatic carbocycles. The van der Waals surface area contributed by atoms with Crippen LogP contribution < -0.4 is 5.32 Å². The Labute approximate surface area is 136 Å². The molecule has 0 aliphatic rings. The van der Waals surface area contributed by atoms with Gasteiger partial charge in [-0.05, 0) is 61.8 Å². The molecule has 22 heavy (non-hydrogen) atoms. The number of benzene rings is 1. The topological polar surface area (TPSA) is 32.3 Å². The maximum Gasteiger partial charge on any atom is 0.321 e. The van der Waals surface area contributed by atoms with Gasteiger partial charge in [0.05, 0.1) is 0 Å². The first-order valence-electron chi connectivity index (χ1n) is 8.26. The van der Waals surface area contributed by atoms with Crippen LogP contribution in [0.5, 0.6) is 0 Å². The number of amides is 2. The Balaban J connectivity index is 3.01. The highest BCUT2D eigenvalue weighted by atomic mass is 16.2. The van der Waals surface area contributed by atoms with Gasteiger partial charge in [-0.25, -0.2) is 4.79 Å². The Bertz CT molecular complexity index is 523. The van der Waals surface area contributed by atoms with E-state index in [0.717, 1.165) is 24.3 Å². The fraction of sp³-hybridized carbons (Fsp3) is 0.632. The lowest BCUT2D eigenvalue weighted by atomic mass is 9.98. The molecular weight excluding hydrogens is 272 g/mol. The van der Waals surface area contributed by atoms with E-state index in [1.165, 1.54) is 16.7 Å². The van der Waals surface area contributed by atoms with Gasteiger partial charge >= 0.3 is 6.03 Å². The van der Waals surface area contributed by atoms with Crippen LogP contribution in [-0.2, 0) is 0 Å². The summed E-state index contributed by atoms with van der Waals surface area (Å²) in [7, 11) is 0. The molecule has 1 rings (SSSR count). The molecular formula is C19H32N2O. The molecule has 0 aromatic heterocycles. The summed E-state index contributed by atoms with van der Waals surface area (Å²) in [6.45, 7) is 18.5. The number of nitrogens with zero attached hydrogens (tertiary/aromatic N) is 1. The molecule has 0 fully saturated rings. The van der Waals surface area contributed by atoms with Crippen LogP contribution in [0.25, 0.3) is 0 Å². The Morgan fingerprint density at radius 1 is 0.955 bits per heavy atom. The van der Waals surface area contributed by atoms with Crippen LogP contribution in [0.4, 0.5) is 10.5 Å². The van der Waals surface area contributed by atoms with E-state index in [9.17, 15) is 4.79 Å². The summed E-state index contributed by atoms with van der Waals surface area (Å²) in [5.41, 5.74) is 5.78. The number of urea groups is 1. The number of carbonyl (C=O) groups is 1. The van der Waals surface area contributed by atoms with Gasteiger partial charge in [-0.3, -0.25) is 0 Å². The van der Waals surface area contributed by atoms with Gasteiger partial charge < -0.3 is 10.2 Å². The van der Waals surface area contributed by atoms with Crippen LogP contribution in [-0.4, -0.2) is 24.0 Å². The Morgan fingerprint density at radius 3 is 1.91 bits per heavy atom. The predicted molar refractivity (Wildman–Crippen MR) is 95.7 cm³/mol. The van der Waals surface area contributed by atoms with Crippen molar-refractivity contribution in [3.63, 3.8) is 0 Å². The zero-order valence-electron chi connectivity index (χ0n) is 15.5. The zero-order chi connectivity index (χ0) is 17.0. The maximum atomic E-state index is 12.7. The SMILES string of the molecule is Cc1cc(C)c(NC(=O)N(CC(C)C)CC(C)C)c(C)c1C. The summed E-state index contributed by atoms with van der Waals surface area (Å²) in [6, 6.07) is 2.16. The average Bonchev–Trinajstić information content (AvgIpc) is 2.39. The maximum absolute atomic E-state index is 12.7. The van der Waals surface area contributed by atoms with Crippen molar-refractivity contribution >= 4 is 11.7 Å². The first-order valence-corrected chi connectivity index (χ1v) is 8.26. The van der Waals surface area contributed by atoms with Crippen molar-refractivity contribution in [2.45, 2.75) is 55.4 Å². The summed E-state index contributed by atoms with van der Waals surface area (Å²) in [4.78, 5) is 14.6. The molecule has 3 nitrogen and oxygen atoms in total. The van der Waals surface area contributed by atoms with Crippen LogP contribution >= 0.6 is 0 Å². The number of hydrogen-bond donors (Lipinski definition) is 1. The Hall–Kier alpha value is -1.51. The van der Waals surface area contributed by atoms with Crippen molar-refractivity contribution in [2.75, 3.05) is 18.4 Å². The molecule has 0 spiro atoms. The van der Waals surface area contributed by atoms with E-state index in [2.05, 4.69) is 66.8 Å². The van der Waals surface area contributed by atoms with Crippen molar-refractivity contribution < 1.29 is 4.79 Å². The second-order valence-electron chi connectivity index (χ2n) is 7.26. The quantitative estimate of drug-likeness (QED) is 0.809. The Morgan fingerprint density at radius 2 is 1.45 bits per heavy atom. The lowest BCUT2D eigenvalue weighted by Gasteiger charge is -2.27. The Kier molecular flexibility index (Phi) is 6.46. The third-order valence-electron chi connectivity index (χ3n) is 4.05. The van der Waals surface area contributed by atoms with E-state index in [-0.39, 0.29) is 6.03 Å². The summed E-state index contributed by atoms with van der Waals surface area (Å²) in [5.74, 6) is 0.929. The normalized spacial score (nSPS) is 11.2. The van der Waals surface area contributed by atoms with Gasteiger partial charge in [-0.2, -0.15) is 0 Å². The van der Waals surface area contributed by atoms with E-state index in [1.54, 1.807) is 0 Å². The first-order chi connectivity index (χ1) is 10.1. The second kappa shape index (κ2) is 7.66. The minimum Gasteiger partial charge on any atom is -0.324 e. The average molecular weight is 304 g/mol. The van der Waals surface area contributed by atoms with E-state index in [1.807, 2.05) is 4.90 Å². The molecule has 1 N–H and O–H groups in total. The van der Waals surface area contributed by atoms with Crippen molar-refractivity contribution in [3.05, 3.63) is 28.3 Å². The summed E-state index contributed by atoms with van der Waals surface area (Å²) in [5, 5.41) is 3.14. The minimum atomic E-state index is 0.0110. The molecule has 3 heteroatoms. The molecule has 0 bridgehead atoms. The van der Waals surface area contributed by atoms with Crippen LogP contribution in [0.3, 0.4) is 0 Å². The standard InChI is InChI=1S/C19H32N2O/c1-12(2)10-21(11-13(3)4)19(22)20-18-15(6)9-14(5)16(7)17(18)8/h9,12-13H,10-11H2,1-8H3,(H,20,22). The van der Waals surface area contributed by atoms with Gasteiger partial charge in [-0.15, -0.1) is 0 Å². The highest BCUT2D eigenvalue weighted by Gasteiger charge is 2.18. The molecule has 124 valence electrons. The van der Waals surface area contributed by atoms with Gasteiger partial charge in [0.2, 0.25) is 0 Å². The fourth-order valence-corrected chi connectivity index (χ4v) is 2.78. The number of anilines is 1. The zero-order valence-corrected chi connectivity index (χ0v) is 15.5. The molecule has 0 unspecified atom stereocenters. The van der Waals surface area contributed by atoms with E-state index in [0.29, 0.717) is 11.8 Å². The number of rotatable bonds is 5.